The van der Waals surface area contributed by atoms with Gasteiger partial charge < -0.3 is 14.8 Å². The molecule has 3 aliphatic rings. The van der Waals surface area contributed by atoms with Crippen molar-refractivity contribution in [3.05, 3.63) is 12.2 Å². The van der Waals surface area contributed by atoms with Gasteiger partial charge in [-0.15, -0.1) is 0 Å². The summed E-state index contributed by atoms with van der Waals surface area (Å²) in [6.07, 6.45) is 9.01. The van der Waals surface area contributed by atoms with Crippen LogP contribution in [-0.2, 0) is 14.3 Å². The maximum Gasteiger partial charge on any atom is 0.243 e. The molecule has 4 nitrogen and oxygen atoms in total. The van der Waals surface area contributed by atoms with Crippen molar-refractivity contribution in [1.29, 1.82) is 0 Å². The van der Waals surface area contributed by atoms with Gasteiger partial charge in [-0.1, -0.05) is 33.8 Å². The second kappa shape index (κ2) is 6.45. The molecule has 1 amide bonds. The average molecular weight is 335 g/mol. The van der Waals surface area contributed by atoms with Crippen LogP contribution in [0.25, 0.3) is 0 Å². The third-order valence-electron chi connectivity index (χ3n) is 7.31. The van der Waals surface area contributed by atoms with Gasteiger partial charge in [0.1, 0.15) is 0 Å². The molecule has 1 aliphatic carbocycles. The Labute approximate surface area is 146 Å². The number of nitrogens with one attached hydrogen (secondary N) is 1. The zero-order valence-corrected chi connectivity index (χ0v) is 15.7. The van der Waals surface area contributed by atoms with Crippen LogP contribution >= 0.6 is 0 Å². The van der Waals surface area contributed by atoms with E-state index in [1.807, 2.05) is 0 Å². The minimum absolute atomic E-state index is 0.0348. The molecule has 3 rings (SSSR count). The molecule has 3 fully saturated rings. The van der Waals surface area contributed by atoms with Gasteiger partial charge in [-0.05, 0) is 48.5 Å². The van der Waals surface area contributed by atoms with Gasteiger partial charge in [0, 0.05) is 25.7 Å². The number of ether oxygens (including phenoxy) is 2. The summed E-state index contributed by atoms with van der Waals surface area (Å²) in [6, 6.07) is 0.195. The van der Waals surface area contributed by atoms with Crippen LogP contribution in [0.2, 0.25) is 0 Å². The molecular formula is C20H33NO3. The molecule has 4 unspecified atom stereocenters. The highest BCUT2D eigenvalue weighted by molar-refractivity contribution is 5.87. The first kappa shape index (κ1) is 17.9. The van der Waals surface area contributed by atoms with E-state index < -0.39 is 0 Å². The van der Waals surface area contributed by atoms with Gasteiger partial charge in [-0.2, -0.15) is 0 Å². The largest absolute Gasteiger partial charge is 0.378 e. The van der Waals surface area contributed by atoms with Crippen LogP contribution in [0.5, 0.6) is 0 Å². The average Bonchev–Trinajstić information content (AvgIpc) is 3.05. The molecule has 0 bridgehead atoms. The first-order chi connectivity index (χ1) is 11.3. The number of hydrogen-bond acceptors (Lipinski definition) is 3. The molecule has 4 atom stereocenters. The molecule has 0 radical (unpaired) electrons. The fraction of sp³-hybridized carbons (Fsp3) is 0.850. The lowest BCUT2D eigenvalue weighted by molar-refractivity contribution is -0.121. The lowest BCUT2D eigenvalue weighted by Crippen LogP contribution is -2.48. The summed E-state index contributed by atoms with van der Waals surface area (Å²) in [6.45, 7) is 11.4. The molecule has 0 aromatic rings. The second-order valence-corrected chi connectivity index (χ2v) is 8.94. The van der Waals surface area contributed by atoms with Crippen LogP contribution in [0.15, 0.2) is 12.2 Å². The van der Waals surface area contributed by atoms with E-state index in [1.54, 1.807) is 6.08 Å². The SMILES string of the molecule is CC1CCC(C)(/C=C/C(=O)NC2CCOC3(CCOC3)C2)C1(C)C. The second-order valence-electron chi connectivity index (χ2n) is 8.94. The number of hydrogen-bond donors (Lipinski definition) is 1. The standard InChI is InChI=1S/C20H33NO3/c1-15-5-8-19(4,18(15,2)3)9-6-17(22)21-16-7-11-24-20(13-16)10-12-23-14-20/h6,9,15-16H,5,7-8,10-14H2,1-4H3,(H,21,22)/b9-6+. The topological polar surface area (TPSA) is 47.6 Å². The summed E-state index contributed by atoms with van der Waals surface area (Å²) in [5.74, 6) is 0.723. The summed E-state index contributed by atoms with van der Waals surface area (Å²) < 4.78 is 11.4. The van der Waals surface area contributed by atoms with Crippen molar-refractivity contribution in [3.63, 3.8) is 0 Å². The Morgan fingerprint density at radius 3 is 2.58 bits per heavy atom. The Hall–Kier alpha value is -0.870. The molecule has 2 heterocycles. The molecule has 2 saturated heterocycles. The van der Waals surface area contributed by atoms with Gasteiger partial charge in [0.05, 0.1) is 12.2 Å². The quantitative estimate of drug-likeness (QED) is 0.804. The van der Waals surface area contributed by atoms with E-state index in [0.717, 1.165) is 32.3 Å². The fourth-order valence-electron chi connectivity index (χ4n) is 4.58. The summed E-state index contributed by atoms with van der Waals surface area (Å²) in [4.78, 5) is 12.4. The summed E-state index contributed by atoms with van der Waals surface area (Å²) in [5, 5.41) is 3.19. The van der Waals surface area contributed by atoms with Gasteiger partial charge in [0.15, 0.2) is 0 Å². The van der Waals surface area contributed by atoms with E-state index >= 15 is 0 Å². The highest BCUT2D eigenvalue weighted by Crippen LogP contribution is 2.56. The number of rotatable bonds is 3. The first-order valence-electron chi connectivity index (χ1n) is 9.48. The van der Waals surface area contributed by atoms with E-state index in [1.165, 1.54) is 6.42 Å². The predicted octanol–water partition coefficient (Wildman–Crippen LogP) is 3.46. The molecule has 1 saturated carbocycles. The fourth-order valence-corrected chi connectivity index (χ4v) is 4.58. The van der Waals surface area contributed by atoms with Crippen LogP contribution in [0.1, 0.15) is 59.8 Å². The maximum absolute atomic E-state index is 12.4. The van der Waals surface area contributed by atoms with Gasteiger partial charge in [-0.3, -0.25) is 4.79 Å². The summed E-state index contributed by atoms with van der Waals surface area (Å²) in [7, 11) is 0. The number of amides is 1. The van der Waals surface area contributed by atoms with Crippen molar-refractivity contribution in [2.24, 2.45) is 16.7 Å². The lowest BCUT2D eigenvalue weighted by Gasteiger charge is -2.39. The van der Waals surface area contributed by atoms with Crippen molar-refractivity contribution < 1.29 is 14.3 Å². The van der Waals surface area contributed by atoms with Crippen LogP contribution < -0.4 is 5.32 Å². The number of carbonyl (C=O) groups is 1. The van der Waals surface area contributed by atoms with Crippen LogP contribution in [-0.4, -0.2) is 37.4 Å². The Balaban J connectivity index is 1.57. The molecule has 24 heavy (non-hydrogen) atoms. The van der Waals surface area contributed by atoms with Crippen molar-refractivity contribution in [3.8, 4) is 0 Å². The van der Waals surface area contributed by atoms with Crippen LogP contribution in [0.3, 0.4) is 0 Å². The number of allylic oxidation sites excluding steroid dienone is 1. The molecule has 1 N–H and O–H groups in total. The minimum Gasteiger partial charge on any atom is -0.378 e. The van der Waals surface area contributed by atoms with Crippen LogP contribution in [0, 0.1) is 16.7 Å². The van der Waals surface area contributed by atoms with Crippen molar-refractivity contribution in [1.82, 2.24) is 5.32 Å². The van der Waals surface area contributed by atoms with E-state index in [4.69, 9.17) is 9.47 Å². The summed E-state index contributed by atoms with van der Waals surface area (Å²) in [5.41, 5.74) is 0.169. The Kier molecular flexibility index (Phi) is 4.82. The van der Waals surface area contributed by atoms with Crippen LogP contribution in [0.4, 0.5) is 0 Å². The lowest BCUT2D eigenvalue weighted by atomic mass is 9.66. The third-order valence-corrected chi connectivity index (χ3v) is 7.31. The Morgan fingerprint density at radius 1 is 1.17 bits per heavy atom. The van der Waals surface area contributed by atoms with Crippen molar-refractivity contribution in [2.75, 3.05) is 19.8 Å². The molecular weight excluding hydrogens is 302 g/mol. The van der Waals surface area contributed by atoms with E-state index in [-0.39, 0.29) is 28.4 Å². The third kappa shape index (κ3) is 3.28. The van der Waals surface area contributed by atoms with E-state index in [2.05, 4.69) is 39.1 Å². The van der Waals surface area contributed by atoms with E-state index in [9.17, 15) is 4.79 Å². The smallest absolute Gasteiger partial charge is 0.243 e. The molecule has 0 aromatic heterocycles. The highest BCUT2D eigenvalue weighted by Gasteiger charge is 2.48. The molecule has 0 aromatic carbocycles. The van der Waals surface area contributed by atoms with Gasteiger partial charge in [0.2, 0.25) is 5.91 Å². The molecule has 4 heteroatoms. The molecule has 1 spiro atoms. The van der Waals surface area contributed by atoms with Crippen molar-refractivity contribution >= 4 is 5.91 Å². The Bertz CT molecular complexity index is 507. The minimum atomic E-state index is -0.158. The van der Waals surface area contributed by atoms with Crippen molar-refractivity contribution in [2.45, 2.75) is 71.4 Å². The van der Waals surface area contributed by atoms with Gasteiger partial charge in [0.25, 0.3) is 0 Å². The predicted molar refractivity (Wildman–Crippen MR) is 94.7 cm³/mol. The van der Waals surface area contributed by atoms with E-state index in [0.29, 0.717) is 19.1 Å². The Morgan fingerprint density at radius 2 is 1.96 bits per heavy atom. The monoisotopic (exact) mass is 335 g/mol. The summed E-state index contributed by atoms with van der Waals surface area (Å²) >= 11 is 0. The molecule has 2 aliphatic heterocycles. The zero-order chi connectivity index (χ0) is 17.4. The molecule has 136 valence electrons. The normalized spacial score (nSPS) is 42.0. The van der Waals surface area contributed by atoms with Gasteiger partial charge in [-0.25, -0.2) is 0 Å². The number of carbonyl (C=O) groups excluding carboxylic acids is 1. The highest BCUT2D eigenvalue weighted by atomic mass is 16.6. The van der Waals surface area contributed by atoms with Gasteiger partial charge >= 0.3 is 0 Å². The maximum atomic E-state index is 12.4. The zero-order valence-electron chi connectivity index (χ0n) is 15.7. The first-order valence-corrected chi connectivity index (χ1v) is 9.48.